The van der Waals surface area contributed by atoms with Gasteiger partial charge in [-0.1, -0.05) is 23.9 Å². The molecule has 6 nitrogen and oxygen atoms in total. The van der Waals surface area contributed by atoms with Gasteiger partial charge in [0.1, 0.15) is 5.82 Å². The topological polar surface area (TPSA) is 72.7 Å². The van der Waals surface area contributed by atoms with Crippen molar-refractivity contribution in [3.8, 4) is 11.4 Å². The van der Waals surface area contributed by atoms with E-state index >= 15 is 0 Å². The molecular weight excluding hydrogens is 373 g/mol. The molecule has 136 valence electrons. The van der Waals surface area contributed by atoms with Crippen LogP contribution in [0, 0.1) is 19.7 Å². The summed E-state index contributed by atoms with van der Waals surface area (Å²) in [4.78, 5) is 17.8. The van der Waals surface area contributed by atoms with E-state index in [1.165, 1.54) is 35.2 Å². The molecule has 2 aromatic heterocycles. The van der Waals surface area contributed by atoms with Crippen LogP contribution >= 0.6 is 23.1 Å². The number of aryl methyl sites for hydroxylation is 2. The first-order chi connectivity index (χ1) is 12.3. The fourth-order valence-corrected chi connectivity index (χ4v) is 3.87. The second kappa shape index (κ2) is 7.55. The number of aromatic nitrogens is 4. The third-order valence-corrected chi connectivity index (χ3v) is 5.95. The molecule has 0 bridgehead atoms. The summed E-state index contributed by atoms with van der Waals surface area (Å²) in [7, 11) is 1.79. The number of amides is 1. The van der Waals surface area contributed by atoms with Gasteiger partial charge in [0, 0.05) is 17.5 Å². The zero-order valence-electron chi connectivity index (χ0n) is 14.8. The van der Waals surface area contributed by atoms with E-state index in [1.54, 1.807) is 30.7 Å². The summed E-state index contributed by atoms with van der Waals surface area (Å²) in [5, 5.41) is 11.9. The monoisotopic (exact) mass is 391 g/mol. The highest BCUT2D eigenvalue weighted by Crippen LogP contribution is 2.27. The number of carbonyl (C=O) groups excluding carboxylic acids is 1. The van der Waals surface area contributed by atoms with E-state index in [0.29, 0.717) is 21.7 Å². The fourth-order valence-electron chi connectivity index (χ4n) is 2.24. The van der Waals surface area contributed by atoms with Gasteiger partial charge in [-0.3, -0.25) is 4.79 Å². The lowest BCUT2D eigenvalue weighted by Gasteiger charge is -2.10. The predicted molar refractivity (Wildman–Crippen MR) is 102 cm³/mol. The summed E-state index contributed by atoms with van der Waals surface area (Å²) < 4.78 is 15.2. The maximum atomic E-state index is 13.4. The van der Waals surface area contributed by atoms with E-state index in [4.69, 9.17) is 0 Å². The number of carbonyl (C=O) groups is 1. The molecule has 1 amide bonds. The minimum absolute atomic E-state index is 0.154. The molecule has 9 heteroatoms. The number of benzene rings is 1. The van der Waals surface area contributed by atoms with E-state index in [1.807, 2.05) is 13.8 Å². The molecule has 0 aliphatic carbocycles. The van der Waals surface area contributed by atoms with Crippen molar-refractivity contribution >= 4 is 34.1 Å². The average molecular weight is 391 g/mol. The molecule has 2 heterocycles. The molecule has 1 atom stereocenters. The third kappa shape index (κ3) is 3.94. The molecule has 3 aromatic rings. The van der Waals surface area contributed by atoms with Crippen molar-refractivity contribution in [2.75, 3.05) is 5.32 Å². The van der Waals surface area contributed by atoms with Crippen molar-refractivity contribution in [2.24, 2.45) is 7.05 Å². The number of hydrogen-bond acceptors (Lipinski definition) is 6. The lowest BCUT2D eigenvalue weighted by atomic mass is 10.2. The van der Waals surface area contributed by atoms with Crippen LogP contribution in [0.5, 0.6) is 0 Å². The number of nitrogens with one attached hydrogen (secondary N) is 1. The SMILES string of the molecule is Cc1nc(NC(=O)[C@@H](C)Sc2nnc(-c3cccc(F)c3)n2C)sc1C. The van der Waals surface area contributed by atoms with Gasteiger partial charge in [-0.25, -0.2) is 9.37 Å². The largest absolute Gasteiger partial charge is 0.305 e. The molecule has 0 fully saturated rings. The summed E-state index contributed by atoms with van der Waals surface area (Å²) in [5.74, 6) is 0.0614. The molecule has 1 aromatic carbocycles. The molecule has 0 saturated heterocycles. The van der Waals surface area contributed by atoms with Gasteiger partial charge in [0.2, 0.25) is 5.91 Å². The molecule has 26 heavy (non-hydrogen) atoms. The number of hydrogen-bond donors (Lipinski definition) is 1. The van der Waals surface area contributed by atoms with Crippen molar-refractivity contribution in [3.63, 3.8) is 0 Å². The first-order valence-corrected chi connectivity index (χ1v) is 9.61. The first kappa shape index (κ1) is 18.5. The van der Waals surface area contributed by atoms with Gasteiger partial charge in [0.15, 0.2) is 16.1 Å². The van der Waals surface area contributed by atoms with Crippen LogP contribution in [0.3, 0.4) is 0 Å². The summed E-state index contributed by atoms with van der Waals surface area (Å²) in [6.45, 7) is 5.67. The maximum Gasteiger partial charge on any atom is 0.239 e. The van der Waals surface area contributed by atoms with Gasteiger partial charge in [-0.2, -0.15) is 0 Å². The van der Waals surface area contributed by atoms with Crippen LogP contribution in [0.15, 0.2) is 29.4 Å². The van der Waals surface area contributed by atoms with Crippen molar-refractivity contribution in [3.05, 3.63) is 40.7 Å². The summed E-state index contributed by atoms with van der Waals surface area (Å²) in [5.41, 5.74) is 1.55. The van der Waals surface area contributed by atoms with Gasteiger partial charge in [-0.05, 0) is 32.9 Å². The van der Waals surface area contributed by atoms with Gasteiger partial charge >= 0.3 is 0 Å². The standard InChI is InChI=1S/C17H18FN5OS2/c1-9-10(2)25-16(19-9)20-15(24)11(3)26-17-22-21-14(23(17)4)12-6-5-7-13(18)8-12/h5-8,11H,1-4H3,(H,19,20,24)/t11-/m1/s1. The number of thioether (sulfide) groups is 1. The number of thiazole rings is 1. The number of nitrogens with zero attached hydrogens (tertiary/aromatic N) is 4. The van der Waals surface area contributed by atoms with Gasteiger partial charge in [-0.15, -0.1) is 21.5 Å². The first-order valence-electron chi connectivity index (χ1n) is 7.92. The predicted octanol–water partition coefficient (Wildman–Crippen LogP) is 3.81. The molecular formula is C17H18FN5OS2. The van der Waals surface area contributed by atoms with Gasteiger partial charge < -0.3 is 9.88 Å². The van der Waals surface area contributed by atoms with Crippen LogP contribution < -0.4 is 5.32 Å². The minimum Gasteiger partial charge on any atom is -0.305 e. The Balaban J connectivity index is 1.71. The van der Waals surface area contributed by atoms with Crippen molar-refractivity contribution in [1.82, 2.24) is 19.7 Å². The lowest BCUT2D eigenvalue weighted by molar-refractivity contribution is -0.115. The molecule has 0 spiro atoms. The second-order valence-corrected chi connectivity index (χ2v) is 8.30. The van der Waals surface area contributed by atoms with E-state index in [2.05, 4.69) is 20.5 Å². The van der Waals surface area contributed by atoms with Crippen LogP contribution in [0.1, 0.15) is 17.5 Å². The number of anilines is 1. The highest BCUT2D eigenvalue weighted by Gasteiger charge is 2.20. The quantitative estimate of drug-likeness (QED) is 0.670. The lowest BCUT2D eigenvalue weighted by Crippen LogP contribution is -2.22. The number of rotatable bonds is 5. The summed E-state index contributed by atoms with van der Waals surface area (Å²) in [6.07, 6.45) is 0. The smallest absolute Gasteiger partial charge is 0.239 e. The maximum absolute atomic E-state index is 13.4. The molecule has 0 saturated carbocycles. The Labute approximate surface area is 158 Å². The Kier molecular flexibility index (Phi) is 5.38. The van der Waals surface area contributed by atoms with Gasteiger partial charge in [0.05, 0.1) is 10.9 Å². The summed E-state index contributed by atoms with van der Waals surface area (Å²) in [6, 6.07) is 6.18. The Bertz CT molecular complexity index is 933. The Hall–Kier alpha value is -2.26. The Morgan fingerprint density at radius 3 is 2.77 bits per heavy atom. The molecule has 0 aliphatic heterocycles. The van der Waals surface area contributed by atoms with E-state index in [0.717, 1.165) is 10.6 Å². The van der Waals surface area contributed by atoms with Crippen molar-refractivity contribution < 1.29 is 9.18 Å². The van der Waals surface area contributed by atoms with E-state index in [-0.39, 0.29) is 17.0 Å². The Morgan fingerprint density at radius 2 is 2.12 bits per heavy atom. The van der Waals surface area contributed by atoms with Crippen molar-refractivity contribution in [1.29, 1.82) is 0 Å². The molecule has 0 unspecified atom stereocenters. The zero-order valence-corrected chi connectivity index (χ0v) is 16.4. The normalized spacial score (nSPS) is 12.2. The zero-order chi connectivity index (χ0) is 18.8. The highest BCUT2D eigenvalue weighted by atomic mass is 32.2. The van der Waals surface area contributed by atoms with Crippen LogP contribution in [0.2, 0.25) is 0 Å². The number of halogens is 1. The third-order valence-electron chi connectivity index (χ3n) is 3.83. The van der Waals surface area contributed by atoms with Gasteiger partial charge in [0.25, 0.3) is 0 Å². The van der Waals surface area contributed by atoms with Crippen LogP contribution in [-0.2, 0) is 11.8 Å². The van der Waals surface area contributed by atoms with Crippen LogP contribution in [-0.4, -0.2) is 30.9 Å². The average Bonchev–Trinajstić information content (AvgIpc) is 3.10. The fraction of sp³-hybridized carbons (Fsp3) is 0.294. The molecule has 1 N–H and O–H groups in total. The molecule has 0 radical (unpaired) electrons. The Morgan fingerprint density at radius 1 is 1.35 bits per heavy atom. The van der Waals surface area contributed by atoms with Crippen molar-refractivity contribution in [2.45, 2.75) is 31.2 Å². The van der Waals surface area contributed by atoms with Crippen LogP contribution in [0.4, 0.5) is 9.52 Å². The second-order valence-electron chi connectivity index (χ2n) is 5.79. The van der Waals surface area contributed by atoms with Crippen LogP contribution in [0.25, 0.3) is 11.4 Å². The highest BCUT2D eigenvalue weighted by molar-refractivity contribution is 8.00. The summed E-state index contributed by atoms with van der Waals surface area (Å²) >= 11 is 2.74. The minimum atomic E-state index is -0.386. The molecule has 3 rings (SSSR count). The van der Waals surface area contributed by atoms with E-state index < -0.39 is 0 Å². The van der Waals surface area contributed by atoms with E-state index in [9.17, 15) is 9.18 Å². The molecule has 0 aliphatic rings.